The van der Waals surface area contributed by atoms with Gasteiger partial charge in [0.15, 0.2) is 0 Å². The van der Waals surface area contributed by atoms with Crippen molar-refractivity contribution in [2.75, 3.05) is 13.1 Å². The molecule has 0 saturated carbocycles. The Hall–Kier alpha value is -1.60. The second-order valence-electron chi connectivity index (χ2n) is 5.79. The smallest absolute Gasteiger partial charge is 0.0602 e. The number of nitrogens with zero attached hydrogens (tertiary/aromatic N) is 1. The van der Waals surface area contributed by atoms with Crippen LogP contribution in [-0.4, -0.2) is 18.0 Å². The number of aryl methyl sites for hydroxylation is 1. The Balaban J connectivity index is 1.97. The van der Waals surface area contributed by atoms with Crippen molar-refractivity contribution in [2.45, 2.75) is 19.9 Å². The second kappa shape index (κ2) is 5.18. The van der Waals surface area contributed by atoms with Gasteiger partial charge in [-0.25, -0.2) is 0 Å². The van der Waals surface area contributed by atoms with Gasteiger partial charge in [0.05, 0.1) is 6.04 Å². The summed E-state index contributed by atoms with van der Waals surface area (Å²) in [6.45, 7) is 6.90. The normalized spacial score (nSPS) is 18.0. The molecule has 98 valence electrons. The lowest BCUT2D eigenvalue weighted by molar-refractivity contribution is 0.0796. The van der Waals surface area contributed by atoms with E-state index in [9.17, 15) is 0 Å². The molecule has 0 aromatic heterocycles. The van der Waals surface area contributed by atoms with Crippen molar-refractivity contribution in [2.24, 2.45) is 5.92 Å². The second-order valence-corrected chi connectivity index (χ2v) is 5.79. The molecule has 3 rings (SSSR count). The van der Waals surface area contributed by atoms with Gasteiger partial charge in [-0.15, -0.1) is 0 Å². The fourth-order valence-corrected chi connectivity index (χ4v) is 3.05. The van der Waals surface area contributed by atoms with Gasteiger partial charge in [0.1, 0.15) is 0 Å². The zero-order valence-electron chi connectivity index (χ0n) is 11.7. The summed E-state index contributed by atoms with van der Waals surface area (Å²) >= 11 is 0. The predicted octanol–water partition coefficient (Wildman–Crippen LogP) is 4.04. The molecule has 19 heavy (non-hydrogen) atoms. The summed E-state index contributed by atoms with van der Waals surface area (Å²) < 4.78 is 0. The number of likely N-dealkylation sites (tertiary alicyclic amines) is 1. The third-order valence-corrected chi connectivity index (χ3v) is 3.93. The summed E-state index contributed by atoms with van der Waals surface area (Å²) in [6.07, 6.45) is 0. The maximum absolute atomic E-state index is 2.58. The van der Waals surface area contributed by atoms with E-state index in [4.69, 9.17) is 0 Å². The van der Waals surface area contributed by atoms with E-state index in [0.717, 1.165) is 5.92 Å². The Morgan fingerprint density at radius 3 is 2.26 bits per heavy atom. The Labute approximate surface area is 115 Å². The monoisotopic (exact) mass is 251 g/mol. The van der Waals surface area contributed by atoms with E-state index < -0.39 is 0 Å². The van der Waals surface area contributed by atoms with Crippen molar-refractivity contribution in [3.63, 3.8) is 0 Å². The molecule has 1 aliphatic rings. The van der Waals surface area contributed by atoms with E-state index in [2.05, 4.69) is 73.3 Å². The van der Waals surface area contributed by atoms with Crippen LogP contribution in [0.2, 0.25) is 0 Å². The van der Waals surface area contributed by atoms with Gasteiger partial charge in [-0.05, 0) is 24.0 Å². The van der Waals surface area contributed by atoms with Gasteiger partial charge in [0.25, 0.3) is 0 Å². The van der Waals surface area contributed by atoms with Crippen molar-refractivity contribution in [1.29, 1.82) is 0 Å². The van der Waals surface area contributed by atoms with E-state index in [0.29, 0.717) is 6.04 Å². The van der Waals surface area contributed by atoms with Crippen molar-refractivity contribution >= 4 is 0 Å². The molecule has 0 bridgehead atoms. The summed E-state index contributed by atoms with van der Waals surface area (Å²) in [5.41, 5.74) is 4.16. The van der Waals surface area contributed by atoms with Gasteiger partial charge in [0, 0.05) is 13.1 Å². The first-order chi connectivity index (χ1) is 9.24. The van der Waals surface area contributed by atoms with E-state index in [1.807, 2.05) is 0 Å². The van der Waals surface area contributed by atoms with Crippen LogP contribution in [0.5, 0.6) is 0 Å². The molecule has 1 atom stereocenters. The summed E-state index contributed by atoms with van der Waals surface area (Å²) in [4.78, 5) is 2.58. The highest BCUT2D eigenvalue weighted by molar-refractivity contribution is 5.34. The van der Waals surface area contributed by atoms with Gasteiger partial charge in [-0.3, -0.25) is 4.90 Å². The summed E-state index contributed by atoms with van der Waals surface area (Å²) in [7, 11) is 0. The average Bonchev–Trinajstić information content (AvgIpc) is 2.38. The first kappa shape index (κ1) is 12.4. The first-order valence-electron chi connectivity index (χ1n) is 7.09. The molecule has 1 nitrogen and oxygen atoms in total. The highest BCUT2D eigenvalue weighted by Gasteiger charge is 2.31. The van der Waals surface area contributed by atoms with Crippen LogP contribution in [0.1, 0.15) is 29.7 Å². The van der Waals surface area contributed by atoms with E-state index in [1.54, 1.807) is 0 Å². The van der Waals surface area contributed by atoms with Gasteiger partial charge in [0.2, 0.25) is 0 Å². The Morgan fingerprint density at radius 1 is 0.947 bits per heavy atom. The van der Waals surface area contributed by atoms with Crippen molar-refractivity contribution in [3.05, 3.63) is 71.3 Å². The third kappa shape index (κ3) is 2.57. The molecular weight excluding hydrogens is 230 g/mol. The zero-order valence-corrected chi connectivity index (χ0v) is 11.7. The molecule has 0 amide bonds. The SMILES string of the molecule is Cc1cccc(C(c2ccccc2)N2CC(C)C2)c1. The van der Waals surface area contributed by atoms with Crippen LogP contribution < -0.4 is 0 Å². The maximum Gasteiger partial charge on any atom is 0.0602 e. The summed E-state index contributed by atoms with van der Waals surface area (Å²) in [5.74, 6) is 0.830. The minimum atomic E-state index is 0.414. The fourth-order valence-electron chi connectivity index (χ4n) is 3.05. The summed E-state index contributed by atoms with van der Waals surface area (Å²) in [5, 5.41) is 0. The van der Waals surface area contributed by atoms with Crippen LogP contribution >= 0.6 is 0 Å². The number of hydrogen-bond acceptors (Lipinski definition) is 1. The van der Waals surface area contributed by atoms with E-state index in [1.165, 1.54) is 29.8 Å². The first-order valence-corrected chi connectivity index (χ1v) is 7.09. The van der Waals surface area contributed by atoms with Crippen molar-refractivity contribution in [1.82, 2.24) is 4.90 Å². The van der Waals surface area contributed by atoms with E-state index >= 15 is 0 Å². The van der Waals surface area contributed by atoms with Gasteiger partial charge in [-0.1, -0.05) is 67.1 Å². The van der Waals surface area contributed by atoms with Crippen LogP contribution in [-0.2, 0) is 0 Å². The molecule has 0 radical (unpaired) electrons. The highest BCUT2D eigenvalue weighted by atomic mass is 15.2. The van der Waals surface area contributed by atoms with Crippen LogP contribution in [0, 0.1) is 12.8 Å². The fraction of sp³-hybridized carbons (Fsp3) is 0.333. The molecule has 0 aliphatic carbocycles. The zero-order chi connectivity index (χ0) is 13.2. The lowest BCUT2D eigenvalue weighted by Gasteiger charge is -2.43. The van der Waals surface area contributed by atoms with Gasteiger partial charge in [-0.2, -0.15) is 0 Å². The number of rotatable bonds is 3. The maximum atomic E-state index is 2.58. The minimum Gasteiger partial charge on any atom is -0.292 e. The number of benzene rings is 2. The Kier molecular flexibility index (Phi) is 3.39. The van der Waals surface area contributed by atoms with Crippen molar-refractivity contribution in [3.8, 4) is 0 Å². The Morgan fingerprint density at radius 2 is 1.63 bits per heavy atom. The predicted molar refractivity (Wildman–Crippen MR) is 80.2 cm³/mol. The molecule has 1 aliphatic heterocycles. The largest absolute Gasteiger partial charge is 0.292 e. The van der Waals surface area contributed by atoms with Crippen molar-refractivity contribution < 1.29 is 0 Å². The topological polar surface area (TPSA) is 3.24 Å². The lowest BCUT2D eigenvalue weighted by Crippen LogP contribution is -2.47. The van der Waals surface area contributed by atoms with Gasteiger partial charge < -0.3 is 0 Å². The van der Waals surface area contributed by atoms with Crippen LogP contribution in [0.3, 0.4) is 0 Å². The standard InChI is InChI=1S/C18H21N/c1-14-7-6-10-17(11-14)18(19-12-15(2)13-19)16-8-4-3-5-9-16/h3-11,15,18H,12-13H2,1-2H3. The van der Waals surface area contributed by atoms with E-state index in [-0.39, 0.29) is 0 Å². The molecule has 1 heterocycles. The highest BCUT2D eigenvalue weighted by Crippen LogP contribution is 2.34. The van der Waals surface area contributed by atoms with Gasteiger partial charge >= 0.3 is 0 Å². The van der Waals surface area contributed by atoms with Crippen LogP contribution in [0.4, 0.5) is 0 Å². The van der Waals surface area contributed by atoms with Crippen LogP contribution in [0.25, 0.3) is 0 Å². The van der Waals surface area contributed by atoms with Crippen LogP contribution in [0.15, 0.2) is 54.6 Å². The lowest BCUT2D eigenvalue weighted by atomic mass is 9.90. The number of hydrogen-bond donors (Lipinski definition) is 0. The quantitative estimate of drug-likeness (QED) is 0.796. The average molecular weight is 251 g/mol. The molecule has 2 aromatic carbocycles. The third-order valence-electron chi connectivity index (χ3n) is 3.93. The summed E-state index contributed by atoms with van der Waals surface area (Å²) in [6, 6.07) is 20.2. The molecule has 1 fully saturated rings. The molecule has 1 heteroatoms. The molecular formula is C18H21N. The molecule has 2 aromatic rings. The molecule has 0 spiro atoms. The minimum absolute atomic E-state index is 0.414. The Bertz CT molecular complexity index is 541. The molecule has 0 N–H and O–H groups in total. The molecule has 1 unspecified atom stereocenters. The molecule has 1 saturated heterocycles.